The topological polar surface area (TPSA) is 67.5 Å². The third-order valence-corrected chi connectivity index (χ3v) is 7.12. The summed E-state index contributed by atoms with van der Waals surface area (Å²) in [5.74, 6) is -0.331. The Morgan fingerprint density at radius 3 is 2.76 bits per heavy atom. The summed E-state index contributed by atoms with van der Waals surface area (Å²) in [6, 6.07) is 11.1. The SMILES string of the molecule is CCCCCCCC(C)NC(=O)C1(C)Cn2c(cc3occc32)C(=O)N1Cc1cccc(Cl)c1. The highest BCUT2D eigenvalue weighted by Crippen LogP contribution is 2.34. The van der Waals surface area contributed by atoms with E-state index in [-0.39, 0.29) is 17.9 Å². The molecule has 1 N–H and O–H groups in total. The number of nitrogens with zero attached hydrogens (tertiary/aromatic N) is 2. The van der Waals surface area contributed by atoms with E-state index in [1.165, 1.54) is 25.7 Å². The number of fused-ring (bicyclic) bond motifs is 3. The molecule has 0 spiro atoms. The first-order valence-corrected chi connectivity index (χ1v) is 12.7. The van der Waals surface area contributed by atoms with E-state index in [1.54, 1.807) is 23.3 Å². The molecule has 2 amide bonds. The number of unbranched alkanes of at least 4 members (excludes halogenated alkanes) is 4. The van der Waals surface area contributed by atoms with E-state index in [0.717, 1.165) is 23.9 Å². The fourth-order valence-corrected chi connectivity index (χ4v) is 5.06. The molecule has 0 radical (unpaired) electrons. The average molecular weight is 484 g/mol. The van der Waals surface area contributed by atoms with Gasteiger partial charge in [-0.2, -0.15) is 0 Å². The van der Waals surface area contributed by atoms with Gasteiger partial charge in [-0.05, 0) is 38.0 Å². The van der Waals surface area contributed by atoms with Crippen LogP contribution in [0.3, 0.4) is 0 Å². The zero-order valence-corrected chi connectivity index (χ0v) is 21.0. The Balaban J connectivity index is 1.59. The number of aromatic nitrogens is 1. The summed E-state index contributed by atoms with van der Waals surface area (Å²) in [6.07, 6.45) is 8.49. The number of amides is 2. The van der Waals surface area contributed by atoms with Crippen LogP contribution in [0.15, 0.2) is 47.1 Å². The van der Waals surface area contributed by atoms with Gasteiger partial charge >= 0.3 is 0 Å². The number of benzene rings is 1. The Kier molecular flexibility index (Phi) is 7.36. The molecule has 2 aromatic heterocycles. The highest BCUT2D eigenvalue weighted by molar-refractivity contribution is 6.30. The second-order valence-corrected chi connectivity index (χ2v) is 10.1. The summed E-state index contributed by atoms with van der Waals surface area (Å²) in [7, 11) is 0. The molecule has 3 aromatic rings. The number of hydrogen-bond acceptors (Lipinski definition) is 3. The maximum atomic E-state index is 13.7. The number of halogens is 1. The smallest absolute Gasteiger partial charge is 0.271 e. The van der Waals surface area contributed by atoms with E-state index in [1.807, 2.05) is 42.7 Å². The Hall–Kier alpha value is -2.73. The number of carbonyl (C=O) groups excluding carboxylic acids is 2. The van der Waals surface area contributed by atoms with Crippen LogP contribution in [0.2, 0.25) is 5.02 Å². The fraction of sp³-hybridized carbons (Fsp3) is 0.481. The van der Waals surface area contributed by atoms with E-state index >= 15 is 0 Å². The zero-order chi connectivity index (χ0) is 24.3. The van der Waals surface area contributed by atoms with Crippen molar-refractivity contribution in [1.82, 2.24) is 14.8 Å². The predicted molar refractivity (Wildman–Crippen MR) is 135 cm³/mol. The lowest BCUT2D eigenvalue weighted by Crippen LogP contribution is -2.64. The molecule has 0 saturated heterocycles. The van der Waals surface area contributed by atoms with Crippen LogP contribution in [0.5, 0.6) is 0 Å². The van der Waals surface area contributed by atoms with Gasteiger partial charge in [-0.25, -0.2) is 0 Å². The Labute approximate surface area is 206 Å². The highest BCUT2D eigenvalue weighted by atomic mass is 35.5. The second kappa shape index (κ2) is 10.3. The van der Waals surface area contributed by atoms with Crippen molar-refractivity contribution < 1.29 is 14.0 Å². The van der Waals surface area contributed by atoms with Gasteiger partial charge in [0.15, 0.2) is 5.58 Å². The van der Waals surface area contributed by atoms with Crippen molar-refractivity contribution in [2.75, 3.05) is 0 Å². The molecule has 0 aliphatic carbocycles. The van der Waals surface area contributed by atoms with Crippen molar-refractivity contribution in [2.45, 2.75) is 84.0 Å². The van der Waals surface area contributed by atoms with Crippen LogP contribution in [0.4, 0.5) is 0 Å². The lowest BCUT2D eigenvalue weighted by atomic mass is 9.93. The molecule has 0 fully saturated rings. The van der Waals surface area contributed by atoms with Gasteiger partial charge in [-0.1, -0.05) is 62.8 Å². The van der Waals surface area contributed by atoms with Gasteiger partial charge in [0, 0.05) is 29.7 Å². The van der Waals surface area contributed by atoms with Crippen LogP contribution in [0.25, 0.3) is 11.1 Å². The van der Waals surface area contributed by atoms with Crippen LogP contribution in [-0.2, 0) is 17.9 Å². The van der Waals surface area contributed by atoms with Gasteiger partial charge in [-0.15, -0.1) is 0 Å². The van der Waals surface area contributed by atoms with Crippen LogP contribution in [-0.4, -0.2) is 32.9 Å². The molecule has 182 valence electrons. The van der Waals surface area contributed by atoms with Crippen molar-refractivity contribution in [1.29, 1.82) is 0 Å². The quantitative estimate of drug-likeness (QED) is 0.351. The molecule has 2 atom stereocenters. The lowest BCUT2D eigenvalue weighted by Gasteiger charge is -2.44. The first kappa shape index (κ1) is 24.4. The van der Waals surface area contributed by atoms with E-state index in [0.29, 0.717) is 29.4 Å². The molecular weight excluding hydrogens is 450 g/mol. The molecule has 7 heteroatoms. The number of furan rings is 1. The van der Waals surface area contributed by atoms with E-state index < -0.39 is 5.54 Å². The summed E-state index contributed by atoms with van der Waals surface area (Å²) >= 11 is 6.20. The molecular formula is C27H34ClN3O3. The van der Waals surface area contributed by atoms with Gasteiger partial charge in [0.1, 0.15) is 11.2 Å². The minimum atomic E-state index is -1.06. The highest BCUT2D eigenvalue weighted by Gasteiger charge is 2.48. The maximum Gasteiger partial charge on any atom is 0.271 e. The van der Waals surface area contributed by atoms with Crippen molar-refractivity contribution in [3.8, 4) is 0 Å². The summed E-state index contributed by atoms with van der Waals surface area (Å²) in [6.45, 7) is 6.75. The molecule has 1 aromatic carbocycles. The first-order valence-electron chi connectivity index (χ1n) is 12.3. The minimum absolute atomic E-state index is 0.0362. The first-order chi connectivity index (χ1) is 16.3. The Morgan fingerprint density at radius 1 is 1.21 bits per heavy atom. The molecule has 0 saturated carbocycles. The Morgan fingerprint density at radius 2 is 2.00 bits per heavy atom. The molecule has 3 heterocycles. The summed E-state index contributed by atoms with van der Waals surface area (Å²) in [5, 5.41) is 3.80. The van der Waals surface area contributed by atoms with Crippen LogP contribution < -0.4 is 5.32 Å². The van der Waals surface area contributed by atoms with Gasteiger partial charge in [-0.3, -0.25) is 9.59 Å². The monoisotopic (exact) mass is 483 g/mol. The van der Waals surface area contributed by atoms with Crippen LogP contribution in [0, 0.1) is 0 Å². The van der Waals surface area contributed by atoms with Gasteiger partial charge < -0.3 is 19.2 Å². The zero-order valence-electron chi connectivity index (χ0n) is 20.3. The molecule has 6 nitrogen and oxygen atoms in total. The van der Waals surface area contributed by atoms with Gasteiger partial charge in [0.2, 0.25) is 5.91 Å². The van der Waals surface area contributed by atoms with Crippen molar-refractivity contribution in [2.24, 2.45) is 0 Å². The molecule has 4 rings (SSSR count). The number of nitrogens with one attached hydrogen (secondary N) is 1. The predicted octanol–water partition coefficient (Wildman–Crippen LogP) is 6.17. The molecule has 34 heavy (non-hydrogen) atoms. The third kappa shape index (κ3) is 4.88. The summed E-state index contributed by atoms with van der Waals surface area (Å²) < 4.78 is 7.45. The molecule has 1 aliphatic heterocycles. The van der Waals surface area contributed by atoms with Crippen molar-refractivity contribution in [3.05, 3.63) is 58.9 Å². The summed E-state index contributed by atoms with van der Waals surface area (Å²) in [5.41, 5.74) is 1.83. The van der Waals surface area contributed by atoms with E-state index in [4.69, 9.17) is 16.0 Å². The number of rotatable bonds is 10. The van der Waals surface area contributed by atoms with Crippen molar-refractivity contribution >= 4 is 34.5 Å². The number of carbonyl (C=O) groups is 2. The van der Waals surface area contributed by atoms with E-state index in [9.17, 15) is 9.59 Å². The largest absolute Gasteiger partial charge is 0.463 e. The molecule has 1 aliphatic rings. The standard InChI is InChI=1S/C27H34ClN3O3/c1-4-5-6-7-8-10-19(2)29-26(33)27(3)18-30-22-13-14-34-24(22)16-23(30)25(32)31(27)17-20-11-9-12-21(28)15-20/h9,11-16,19H,4-8,10,17-18H2,1-3H3,(H,29,33). The third-order valence-electron chi connectivity index (χ3n) is 6.89. The molecule has 2 unspecified atom stereocenters. The minimum Gasteiger partial charge on any atom is -0.463 e. The van der Waals surface area contributed by atoms with Crippen molar-refractivity contribution in [3.63, 3.8) is 0 Å². The van der Waals surface area contributed by atoms with Crippen LogP contribution >= 0.6 is 11.6 Å². The normalized spacial score (nSPS) is 18.8. The fourth-order valence-electron chi connectivity index (χ4n) is 4.84. The maximum absolute atomic E-state index is 13.7. The number of hydrogen-bond donors (Lipinski definition) is 1. The van der Waals surface area contributed by atoms with Crippen LogP contribution in [0.1, 0.15) is 75.3 Å². The van der Waals surface area contributed by atoms with Gasteiger partial charge in [0.25, 0.3) is 5.91 Å². The second-order valence-electron chi connectivity index (χ2n) is 9.66. The Bertz CT molecular complexity index is 1170. The lowest BCUT2D eigenvalue weighted by molar-refractivity contribution is -0.133. The molecule has 0 bridgehead atoms. The van der Waals surface area contributed by atoms with E-state index in [2.05, 4.69) is 12.2 Å². The summed E-state index contributed by atoms with van der Waals surface area (Å²) in [4.78, 5) is 29.1. The average Bonchev–Trinajstić information content (AvgIpc) is 3.39. The van der Waals surface area contributed by atoms with Gasteiger partial charge in [0.05, 0.1) is 18.3 Å².